The van der Waals surface area contributed by atoms with Crippen LogP contribution >= 0.6 is 0 Å². The molecule has 0 spiro atoms. The van der Waals surface area contributed by atoms with Gasteiger partial charge in [0.1, 0.15) is 5.75 Å². The molecule has 1 aromatic rings. The molecule has 2 rings (SSSR count). The third kappa shape index (κ3) is 1.98. The normalized spacial score (nSPS) is 25.5. The van der Waals surface area contributed by atoms with E-state index in [1.807, 2.05) is 25.1 Å². The van der Waals surface area contributed by atoms with Crippen molar-refractivity contribution in [3.05, 3.63) is 29.3 Å². The van der Waals surface area contributed by atoms with Gasteiger partial charge in [0.25, 0.3) is 0 Å². The number of fused-ring (bicyclic) bond motifs is 1. The van der Waals surface area contributed by atoms with Crippen LogP contribution in [-0.2, 0) is 6.42 Å². The van der Waals surface area contributed by atoms with Gasteiger partial charge in [-0.25, -0.2) is 0 Å². The second-order valence-corrected chi connectivity index (χ2v) is 4.00. The van der Waals surface area contributed by atoms with E-state index in [1.165, 1.54) is 5.56 Å². The molecule has 82 valence electrons. The van der Waals surface area contributed by atoms with Gasteiger partial charge in [-0.3, -0.25) is 0 Å². The molecule has 0 radical (unpaired) electrons. The molecule has 2 N–H and O–H groups in total. The van der Waals surface area contributed by atoms with Crippen LogP contribution in [0.4, 0.5) is 0 Å². The number of benzene rings is 1. The molecule has 1 heterocycles. The summed E-state index contributed by atoms with van der Waals surface area (Å²) < 4.78 is 5.18. The summed E-state index contributed by atoms with van der Waals surface area (Å²) in [7, 11) is 1.66. The Bertz CT molecular complexity index is 351. The second-order valence-electron chi connectivity index (χ2n) is 4.00. The van der Waals surface area contributed by atoms with Gasteiger partial charge in [0.15, 0.2) is 0 Å². The fraction of sp³-hybridized carbons (Fsp3) is 0.500. The number of methoxy groups -OCH3 is 1. The molecule has 1 aromatic carbocycles. The van der Waals surface area contributed by atoms with E-state index >= 15 is 0 Å². The Morgan fingerprint density at radius 3 is 3.00 bits per heavy atom. The number of rotatable bonds is 1. The molecule has 0 bridgehead atoms. The first kappa shape index (κ1) is 10.5. The van der Waals surface area contributed by atoms with Gasteiger partial charge >= 0.3 is 0 Å². The summed E-state index contributed by atoms with van der Waals surface area (Å²) in [5, 5.41) is 13.4. The predicted octanol–water partition coefficient (Wildman–Crippen LogP) is 1.26. The number of aliphatic hydroxyl groups excluding tert-OH is 1. The SMILES string of the molecule is COc1ccc2c(c1)CCNC(C)C2O. The van der Waals surface area contributed by atoms with Gasteiger partial charge in [-0.1, -0.05) is 6.07 Å². The van der Waals surface area contributed by atoms with Crippen LogP contribution in [0.1, 0.15) is 24.2 Å². The van der Waals surface area contributed by atoms with E-state index in [9.17, 15) is 5.11 Å². The molecule has 1 aliphatic heterocycles. The Kier molecular flexibility index (Phi) is 2.93. The van der Waals surface area contributed by atoms with E-state index in [2.05, 4.69) is 5.32 Å². The molecule has 1 aliphatic rings. The quantitative estimate of drug-likeness (QED) is 0.728. The van der Waals surface area contributed by atoms with E-state index < -0.39 is 6.10 Å². The molecular formula is C12H17NO2. The van der Waals surface area contributed by atoms with Gasteiger partial charge < -0.3 is 15.2 Å². The monoisotopic (exact) mass is 207 g/mol. The fourth-order valence-corrected chi connectivity index (χ4v) is 2.03. The van der Waals surface area contributed by atoms with Crippen LogP contribution in [-0.4, -0.2) is 24.8 Å². The summed E-state index contributed by atoms with van der Waals surface area (Å²) in [4.78, 5) is 0. The van der Waals surface area contributed by atoms with Crippen molar-refractivity contribution in [2.75, 3.05) is 13.7 Å². The Labute approximate surface area is 90.1 Å². The summed E-state index contributed by atoms with van der Waals surface area (Å²) in [6.45, 7) is 2.91. The molecule has 0 aromatic heterocycles. The lowest BCUT2D eigenvalue weighted by molar-refractivity contribution is 0.140. The van der Waals surface area contributed by atoms with Crippen molar-refractivity contribution in [3.8, 4) is 5.75 Å². The average molecular weight is 207 g/mol. The molecule has 0 saturated heterocycles. The van der Waals surface area contributed by atoms with Crippen molar-refractivity contribution in [1.82, 2.24) is 5.32 Å². The van der Waals surface area contributed by atoms with Gasteiger partial charge in [-0.05, 0) is 43.1 Å². The Hall–Kier alpha value is -1.06. The molecule has 0 aliphatic carbocycles. The number of hydrogen-bond donors (Lipinski definition) is 2. The van der Waals surface area contributed by atoms with Crippen molar-refractivity contribution >= 4 is 0 Å². The van der Waals surface area contributed by atoms with E-state index in [0.29, 0.717) is 0 Å². The molecule has 0 amide bonds. The molecular weight excluding hydrogens is 190 g/mol. The third-order valence-electron chi connectivity index (χ3n) is 3.00. The van der Waals surface area contributed by atoms with E-state index in [-0.39, 0.29) is 6.04 Å². The summed E-state index contributed by atoms with van der Waals surface area (Å²) >= 11 is 0. The van der Waals surface area contributed by atoms with Crippen molar-refractivity contribution < 1.29 is 9.84 Å². The van der Waals surface area contributed by atoms with Gasteiger partial charge in [-0.2, -0.15) is 0 Å². The lowest BCUT2D eigenvalue weighted by Crippen LogP contribution is -2.30. The van der Waals surface area contributed by atoms with Crippen LogP contribution in [0.5, 0.6) is 5.75 Å². The number of aliphatic hydroxyl groups is 1. The topological polar surface area (TPSA) is 41.5 Å². The molecule has 3 nitrogen and oxygen atoms in total. The van der Waals surface area contributed by atoms with Crippen molar-refractivity contribution in [1.29, 1.82) is 0 Å². The van der Waals surface area contributed by atoms with Crippen molar-refractivity contribution in [2.24, 2.45) is 0 Å². The summed E-state index contributed by atoms with van der Waals surface area (Å²) in [6.07, 6.45) is 0.516. The minimum atomic E-state index is -0.423. The highest BCUT2D eigenvalue weighted by atomic mass is 16.5. The van der Waals surface area contributed by atoms with Crippen LogP contribution in [0.25, 0.3) is 0 Å². The van der Waals surface area contributed by atoms with Crippen LogP contribution in [0.15, 0.2) is 18.2 Å². The Morgan fingerprint density at radius 1 is 1.47 bits per heavy atom. The lowest BCUT2D eigenvalue weighted by Gasteiger charge is -2.18. The van der Waals surface area contributed by atoms with Crippen LogP contribution in [0.2, 0.25) is 0 Å². The van der Waals surface area contributed by atoms with Gasteiger partial charge in [0, 0.05) is 6.04 Å². The highest BCUT2D eigenvalue weighted by molar-refractivity contribution is 5.38. The zero-order chi connectivity index (χ0) is 10.8. The standard InChI is InChI=1S/C12H17NO2/c1-8-12(14)11-4-3-10(15-2)7-9(11)5-6-13-8/h3-4,7-8,12-14H,5-6H2,1-2H3. The summed E-state index contributed by atoms with van der Waals surface area (Å²) in [5.41, 5.74) is 2.20. The highest BCUT2D eigenvalue weighted by Crippen LogP contribution is 2.27. The molecule has 3 heteroatoms. The fourth-order valence-electron chi connectivity index (χ4n) is 2.03. The van der Waals surface area contributed by atoms with E-state index in [4.69, 9.17) is 4.74 Å². The van der Waals surface area contributed by atoms with E-state index in [0.717, 1.165) is 24.3 Å². The molecule has 2 unspecified atom stereocenters. The van der Waals surface area contributed by atoms with Crippen molar-refractivity contribution in [2.45, 2.75) is 25.5 Å². The number of ether oxygens (including phenoxy) is 1. The Morgan fingerprint density at radius 2 is 2.27 bits per heavy atom. The summed E-state index contributed by atoms with van der Waals surface area (Å²) in [6, 6.07) is 5.99. The lowest BCUT2D eigenvalue weighted by atomic mass is 9.98. The number of nitrogens with one attached hydrogen (secondary N) is 1. The zero-order valence-electron chi connectivity index (χ0n) is 9.16. The highest BCUT2D eigenvalue weighted by Gasteiger charge is 2.22. The van der Waals surface area contributed by atoms with Crippen LogP contribution in [0.3, 0.4) is 0 Å². The minimum absolute atomic E-state index is 0.111. The van der Waals surface area contributed by atoms with Crippen molar-refractivity contribution in [3.63, 3.8) is 0 Å². The molecule has 0 fully saturated rings. The maximum Gasteiger partial charge on any atom is 0.119 e. The van der Waals surface area contributed by atoms with Crippen LogP contribution < -0.4 is 10.1 Å². The molecule has 0 saturated carbocycles. The molecule has 2 atom stereocenters. The maximum absolute atomic E-state index is 10.1. The average Bonchev–Trinajstić information content (AvgIpc) is 2.40. The maximum atomic E-state index is 10.1. The van der Waals surface area contributed by atoms with Gasteiger partial charge in [-0.15, -0.1) is 0 Å². The second kappa shape index (κ2) is 4.21. The zero-order valence-corrected chi connectivity index (χ0v) is 9.16. The smallest absolute Gasteiger partial charge is 0.119 e. The number of hydrogen-bond acceptors (Lipinski definition) is 3. The molecule has 15 heavy (non-hydrogen) atoms. The summed E-state index contributed by atoms with van der Waals surface area (Å²) in [5.74, 6) is 0.857. The van der Waals surface area contributed by atoms with Crippen LogP contribution in [0, 0.1) is 0 Å². The third-order valence-corrected chi connectivity index (χ3v) is 3.00. The Balaban J connectivity index is 2.39. The first-order chi connectivity index (χ1) is 7.22. The minimum Gasteiger partial charge on any atom is -0.497 e. The first-order valence-electron chi connectivity index (χ1n) is 5.30. The first-order valence-corrected chi connectivity index (χ1v) is 5.30. The van der Waals surface area contributed by atoms with E-state index in [1.54, 1.807) is 7.11 Å². The predicted molar refractivity (Wildman–Crippen MR) is 59.1 cm³/mol. The van der Waals surface area contributed by atoms with Gasteiger partial charge in [0.2, 0.25) is 0 Å². The largest absolute Gasteiger partial charge is 0.497 e. The van der Waals surface area contributed by atoms with Gasteiger partial charge in [0.05, 0.1) is 13.2 Å².